The normalized spacial score (nSPS) is 12.6. The predicted molar refractivity (Wildman–Crippen MR) is 90.3 cm³/mol. The van der Waals surface area contributed by atoms with Crippen LogP contribution in [0.1, 0.15) is 35.2 Å². The summed E-state index contributed by atoms with van der Waals surface area (Å²) in [6.07, 6.45) is 2.08. The molecule has 1 N–H and O–H groups in total. The van der Waals surface area contributed by atoms with Crippen molar-refractivity contribution in [3.05, 3.63) is 55.7 Å². The molecule has 0 aliphatic heterocycles. The van der Waals surface area contributed by atoms with Crippen molar-refractivity contribution in [2.75, 3.05) is 6.54 Å². The highest BCUT2D eigenvalue weighted by Crippen LogP contribution is 2.29. The molecule has 0 bridgehead atoms. The molecule has 0 saturated carbocycles. The summed E-state index contributed by atoms with van der Waals surface area (Å²) in [6.45, 7) is 5.24. The maximum Gasteiger partial charge on any atom is 0.0595 e. The van der Waals surface area contributed by atoms with Crippen molar-refractivity contribution in [2.24, 2.45) is 0 Å². The first-order chi connectivity index (χ1) is 9.63. The number of aryl methyl sites for hydroxylation is 1. The molecule has 0 saturated heterocycles. The van der Waals surface area contributed by atoms with Gasteiger partial charge in [-0.15, -0.1) is 11.3 Å². The molecule has 0 fully saturated rings. The van der Waals surface area contributed by atoms with Crippen LogP contribution in [0, 0.1) is 0 Å². The van der Waals surface area contributed by atoms with Crippen LogP contribution >= 0.6 is 34.5 Å². The van der Waals surface area contributed by atoms with Gasteiger partial charge in [-0.1, -0.05) is 43.1 Å². The Morgan fingerprint density at radius 2 is 1.80 bits per heavy atom. The predicted octanol–water partition coefficient (Wildman–Crippen LogP) is 5.51. The van der Waals surface area contributed by atoms with Gasteiger partial charge in [-0.05, 0) is 42.8 Å². The van der Waals surface area contributed by atoms with Crippen LogP contribution in [0.25, 0.3) is 0 Å². The van der Waals surface area contributed by atoms with Gasteiger partial charge < -0.3 is 5.32 Å². The Hall–Kier alpha value is -0.540. The molecule has 1 aromatic carbocycles. The molecule has 20 heavy (non-hydrogen) atoms. The Morgan fingerprint density at radius 1 is 1.05 bits per heavy atom. The molecular weight excluding hydrogens is 309 g/mol. The van der Waals surface area contributed by atoms with Gasteiger partial charge in [0.1, 0.15) is 0 Å². The molecule has 0 radical (unpaired) electrons. The fraction of sp³-hybridized carbons (Fsp3) is 0.375. The van der Waals surface area contributed by atoms with Gasteiger partial charge in [0, 0.05) is 22.2 Å². The minimum Gasteiger partial charge on any atom is -0.310 e. The summed E-state index contributed by atoms with van der Waals surface area (Å²) in [5, 5.41) is 4.75. The van der Waals surface area contributed by atoms with Gasteiger partial charge in [-0.2, -0.15) is 0 Å². The molecule has 0 spiro atoms. The van der Waals surface area contributed by atoms with E-state index in [4.69, 9.17) is 23.2 Å². The van der Waals surface area contributed by atoms with E-state index < -0.39 is 0 Å². The second-order valence-corrected chi connectivity index (χ2v) is 6.78. The number of rotatable bonds is 6. The summed E-state index contributed by atoms with van der Waals surface area (Å²) in [4.78, 5) is 2.84. The zero-order chi connectivity index (χ0) is 14.5. The van der Waals surface area contributed by atoms with Crippen LogP contribution in [0.5, 0.6) is 0 Å². The van der Waals surface area contributed by atoms with Crippen LogP contribution in [0.4, 0.5) is 0 Å². The van der Waals surface area contributed by atoms with E-state index >= 15 is 0 Å². The number of likely N-dealkylation sites (N-methyl/N-ethyl adjacent to an activating group) is 1. The van der Waals surface area contributed by atoms with E-state index in [1.54, 1.807) is 0 Å². The topological polar surface area (TPSA) is 12.0 Å². The fourth-order valence-electron chi connectivity index (χ4n) is 2.21. The summed E-state index contributed by atoms with van der Waals surface area (Å²) in [7, 11) is 0. The van der Waals surface area contributed by atoms with Crippen LogP contribution in [0.2, 0.25) is 10.0 Å². The van der Waals surface area contributed by atoms with Crippen molar-refractivity contribution < 1.29 is 0 Å². The summed E-state index contributed by atoms with van der Waals surface area (Å²) in [5.41, 5.74) is 1.19. The fourth-order valence-corrected chi connectivity index (χ4v) is 3.52. The van der Waals surface area contributed by atoms with Gasteiger partial charge >= 0.3 is 0 Å². The van der Waals surface area contributed by atoms with Gasteiger partial charge in [0.05, 0.1) is 10.0 Å². The molecule has 0 aliphatic rings. The molecule has 1 atom stereocenters. The van der Waals surface area contributed by atoms with Crippen molar-refractivity contribution in [3.63, 3.8) is 0 Å². The third kappa shape index (κ3) is 3.98. The molecule has 1 aromatic heterocycles. The SMILES string of the molecule is CCNC(Cc1ccc(CC)s1)c1ccc(Cl)c(Cl)c1. The average molecular weight is 328 g/mol. The molecule has 1 unspecified atom stereocenters. The Kier molecular flexibility index (Phi) is 5.91. The third-order valence-electron chi connectivity index (χ3n) is 3.27. The Labute approximate surface area is 134 Å². The van der Waals surface area contributed by atoms with Gasteiger partial charge in [-0.25, -0.2) is 0 Å². The van der Waals surface area contributed by atoms with Crippen molar-refractivity contribution >= 4 is 34.5 Å². The molecule has 108 valence electrons. The van der Waals surface area contributed by atoms with Crippen LogP contribution in [-0.2, 0) is 12.8 Å². The Balaban J connectivity index is 2.19. The van der Waals surface area contributed by atoms with Gasteiger partial charge in [0.2, 0.25) is 0 Å². The number of nitrogens with one attached hydrogen (secondary N) is 1. The van der Waals surface area contributed by atoms with Gasteiger partial charge in [-0.3, -0.25) is 0 Å². The number of halogens is 2. The summed E-state index contributed by atoms with van der Waals surface area (Å²) < 4.78 is 0. The Bertz CT molecular complexity index is 565. The highest BCUT2D eigenvalue weighted by Gasteiger charge is 2.14. The lowest BCUT2D eigenvalue weighted by Gasteiger charge is -2.18. The van der Waals surface area contributed by atoms with Crippen molar-refractivity contribution in [3.8, 4) is 0 Å². The number of hydrogen-bond acceptors (Lipinski definition) is 2. The van der Waals surface area contributed by atoms with E-state index in [2.05, 4.69) is 37.4 Å². The third-order valence-corrected chi connectivity index (χ3v) is 5.26. The van der Waals surface area contributed by atoms with Crippen LogP contribution in [-0.4, -0.2) is 6.54 Å². The standard InChI is InChI=1S/C16H19Cl2NS/c1-3-12-6-7-13(20-12)10-16(19-4-2)11-5-8-14(17)15(18)9-11/h5-9,16,19H,3-4,10H2,1-2H3. The summed E-state index contributed by atoms with van der Waals surface area (Å²) in [5.74, 6) is 0. The largest absolute Gasteiger partial charge is 0.310 e. The van der Waals surface area contributed by atoms with E-state index in [9.17, 15) is 0 Å². The Morgan fingerprint density at radius 3 is 2.40 bits per heavy atom. The first-order valence-electron chi connectivity index (χ1n) is 6.90. The highest BCUT2D eigenvalue weighted by molar-refractivity contribution is 7.11. The maximum atomic E-state index is 6.13. The lowest BCUT2D eigenvalue weighted by molar-refractivity contribution is 0.553. The number of hydrogen-bond donors (Lipinski definition) is 1. The first-order valence-corrected chi connectivity index (χ1v) is 8.47. The minimum atomic E-state index is 0.276. The zero-order valence-electron chi connectivity index (χ0n) is 11.7. The molecule has 0 aliphatic carbocycles. The summed E-state index contributed by atoms with van der Waals surface area (Å²) >= 11 is 14.0. The number of thiophene rings is 1. The first kappa shape index (κ1) is 15.8. The second-order valence-electron chi connectivity index (χ2n) is 4.71. The average Bonchev–Trinajstić information content (AvgIpc) is 2.89. The van der Waals surface area contributed by atoms with E-state index in [-0.39, 0.29) is 6.04 Å². The lowest BCUT2D eigenvalue weighted by atomic mass is 10.0. The second kappa shape index (κ2) is 7.46. The van der Waals surface area contributed by atoms with Crippen molar-refractivity contribution in [1.82, 2.24) is 5.32 Å². The molecular formula is C16H19Cl2NS. The quantitative estimate of drug-likeness (QED) is 0.737. The molecule has 4 heteroatoms. The van der Waals surface area contributed by atoms with Crippen LogP contribution in [0.3, 0.4) is 0 Å². The highest BCUT2D eigenvalue weighted by atomic mass is 35.5. The van der Waals surface area contributed by atoms with E-state index in [0.717, 1.165) is 19.4 Å². The molecule has 2 rings (SSSR count). The molecule has 1 heterocycles. The lowest BCUT2D eigenvalue weighted by Crippen LogP contribution is -2.22. The molecule has 0 amide bonds. The molecule has 1 nitrogen and oxygen atoms in total. The molecule has 2 aromatic rings. The van der Waals surface area contributed by atoms with E-state index in [1.165, 1.54) is 15.3 Å². The maximum absolute atomic E-state index is 6.13. The number of benzene rings is 1. The summed E-state index contributed by atoms with van der Waals surface area (Å²) in [6, 6.07) is 10.6. The van der Waals surface area contributed by atoms with Gasteiger partial charge in [0.15, 0.2) is 0 Å². The van der Waals surface area contributed by atoms with Gasteiger partial charge in [0.25, 0.3) is 0 Å². The smallest absolute Gasteiger partial charge is 0.0595 e. The van der Waals surface area contributed by atoms with Crippen molar-refractivity contribution in [2.45, 2.75) is 32.7 Å². The monoisotopic (exact) mass is 327 g/mol. The van der Waals surface area contributed by atoms with Crippen LogP contribution in [0.15, 0.2) is 30.3 Å². The van der Waals surface area contributed by atoms with Crippen molar-refractivity contribution in [1.29, 1.82) is 0 Å². The zero-order valence-corrected chi connectivity index (χ0v) is 14.1. The van der Waals surface area contributed by atoms with Crippen LogP contribution < -0.4 is 5.32 Å². The minimum absolute atomic E-state index is 0.276. The van der Waals surface area contributed by atoms with E-state index in [1.807, 2.05) is 23.5 Å². The van der Waals surface area contributed by atoms with E-state index in [0.29, 0.717) is 10.0 Å².